The van der Waals surface area contributed by atoms with Crippen LogP contribution in [-0.2, 0) is 17.5 Å². The average molecular weight is 396 g/mol. The van der Waals surface area contributed by atoms with Gasteiger partial charge in [0.25, 0.3) is 0 Å². The molecular formula is C19H23F3N4O2. The number of phenols is 1. The van der Waals surface area contributed by atoms with Crippen molar-refractivity contribution in [1.82, 2.24) is 20.4 Å². The second kappa shape index (κ2) is 8.85. The van der Waals surface area contributed by atoms with Gasteiger partial charge >= 0.3 is 6.18 Å². The van der Waals surface area contributed by atoms with Crippen molar-refractivity contribution in [2.24, 2.45) is 0 Å². The second-order valence-corrected chi connectivity index (χ2v) is 6.73. The summed E-state index contributed by atoms with van der Waals surface area (Å²) in [5.74, 6) is -0.460. The third kappa shape index (κ3) is 5.18. The highest BCUT2D eigenvalue weighted by molar-refractivity contribution is 5.71. The minimum Gasteiger partial charge on any atom is -0.507 e. The number of morpholine rings is 1. The van der Waals surface area contributed by atoms with E-state index in [0.717, 1.165) is 51.2 Å². The smallest absolute Gasteiger partial charge is 0.416 e. The lowest BCUT2D eigenvalue weighted by Crippen LogP contribution is -2.40. The van der Waals surface area contributed by atoms with Crippen LogP contribution in [0.4, 0.5) is 13.2 Å². The quantitative estimate of drug-likeness (QED) is 0.732. The van der Waals surface area contributed by atoms with E-state index in [2.05, 4.69) is 20.4 Å². The van der Waals surface area contributed by atoms with Crippen LogP contribution in [0, 0.1) is 6.92 Å². The van der Waals surface area contributed by atoms with Crippen LogP contribution < -0.4 is 5.32 Å². The highest BCUT2D eigenvalue weighted by Gasteiger charge is 2.32. The van der Waals surface area contributed by atoms with Gasteiger partial charge in [-0.2, -0.15) is 23.4 Å². The molecule has 1 fully saturated rings. The van der Waals surface area contributed by atoms with E-state index in [9.17, 15) is 18.3 Å². The number of aromatic hydroxyl groups is 1. The zero-order valence-electron chi connectivity index (χ0n) is 15.6. The minimum absolute atomic E-state index is 0.257. The van der Waals surface area contributed by atoms with Gasteiger partial charge in [0.05, 0.1) is 30.2 Å². The van der Waals surface area contributed by atoms with E-state index in [1.54, 1.807) is 12.1 Å². The van der Waals surface area contributed by atoms with Crippen LogP contribution >= 0.6 is 0 Å². The lowest BCUT2D eigenvalue weighted by molar-refractivity contribution is -0.137. The molecule has 2 heterocycles. The van der Waals surface area contributed by atoms with Gasteiger partial charge in [0.15, 0.2) is 0 Å². The maximum Gasteiger partial charge on any atom is 0.416 e. The first-order chi connectivity index (χ1) is 13.3. The van der Waals surface area contributed by atoms with Gasteiger partial charge < -0.3 is 15.2 Å². The van der Waals surface area contributed by atoms with E-state index in [0.29, 0.717) is 18.3 Å². The summed E-state index contributed by atoms with van der Waals surface area (Å²) >= 11 is 0. The van der Waals surface area contributed by atoms with Gasteiger partial charge in [-0.15, -0.1) is 0 Å². The molecule has 6 nitrogen and oxygen atoms in total. The van der Waals surface area contributed by atoms with E-state index in [-0.39, 0.29) is 11.1 Å². The van der Waals surface area contributed by atoms with Crippen molar-refractivity contribution in [1.29, 1.82) is 0 Å². The summed E-state index contributed by atoms with van der Waals surface area (Å²) in [6.07, 6.45) is -4.51. The average Bonchev–Trinajstić information content (AvgIpc) is 2.66. The molecule has 2 N–H and O–H groups in total. The number of alkyl halides is 3. The molecule has 0 unspecified atom stereocenters. The third-order valence-corrected chi connectivity index (χ3v) is 4.63. The molecule has 1 aliphatic heterocycles. The summed E-state index contributed by atoms with van der Waals surface area (Å²) in [7, 11) is 0. The van der Waals surface area contributed by atoms with Gasteiger partial charge in [0.1, 0.15) is 5.75 Å². The van der Waals surface area contributed by atoms with Gasteiger partial charge in [-0.25, -0.2) is 0 Å². The summed E-state index contributed by atoms with van der Waals surface area (Å²) in [5, 5.41) is 21.5. The Hall–Kier alpha value is -2.23. The fourth-order valence-corrected chi connectivity index (χ4v) is 3.13. The Morgan fingerprint density at radius 3 is 2.54 bits per heavy atom. The largest absolute Gasteiger partial charge is 0.507 e. The standard InChI is InChI=1S/C19H23F3N4O2/c1-13-10-14(19(20,21)22)11-17(27)18(13)16-3-2-15(24-25-16)12-23-4-5-26-6-8-28-9-7-26/h2-3,10-11,23,27H,4-9,12H2,1H3. The molecule has 0 aliphatic carbocycles. The van der Waals surface area contributed by atoms with Crippen LogP contribution in [0.25, 0.3) is 11.3 Å². The highest BCUT2D eigenvalue weighted by Crippen LogP contribution is 2.38. The van der Waals surface area contributed by atoms with Crippen molar-refractivity contribution < 1.29 is 23.0 Å². The predicted molar refractivity (Wildman–Crippen MR) is 97.8 cm³/mol. The SMILES string of the molecule is Cc1cc(C(F)(F)F)cc(O)c1-c1ccc(CNCCN2CCOCC2)nn1. The minimum atomic E-state index is -4.51. The van der Waals surface area contributed by atoms with E-state index in [4.69, 9.17) is 4.74 Å². The summed E-state index contributed by atoms with van der Waals surface area (Å²) < 4.78 is 43.8. The van der Waals surface area contributed by atoms with Crippen LogP contribution in [0.5, 0.6) is 5.75 Å². The number of benzene rings is 1. The van der Waals surface area contributed by atoms with E-state index >= 15 is 0 Å². The number of halogens is 3. The van der Waals surface area contributed by atoms with Gasteiger partial charge in [-0.1, -0.05) is 0 Å². The van der Waals surface area contributed by atoms with Crippen LogP contribution in [-0.4, -0.2) is 59.6 Å². The number of phenolic OH excluding ortho intramolecular Hbond substituents is 1. The molecule has 0 bridgehead atoms. The lowest BCUT2D eigenvalue weighted by Gasteiger charge is -2.26. The topological polar surface area (TPSA) is 70.5 Å². The first-order valence-electron chi connectivity index (χ1n) is 9.09. The molecule has 1 aromatic heterocycles. The van der Waals surface area contributed by atoms with Crippen molar-refractivity contribution in [3.8, 4) is 17.0 Å². The summed E-state index contributed by atoms with van der Waals surface area (Å²) in [6, 6.07) is 5.12. The first-order valence-corrected chi connectivity index (χ1v) is 9.09. The van der Waals surface area contributed by atoms with Crippen LogP contribution in [0.2, 0.25) is 0 Å². The Bertz CT molecular complexity index is 768. The molecule has 152 valence electrons. The Morgan fingerprint density at radius 2 is 1.93 bits per heavy atom. The molecule has 1 aliphatic rings. The predicted octanol–water partition coefficient (Wildman–Crippen LogP) is 2.60. The van der Waals surface area contributed by atoms with Gasteiger partial charge in [-0.05, 0) is 36.8 Å². The Kier molecular flexibility index (Phi) is 6.48. The van der Waals surface area contributed by atoms with Crippen LogP contribution in [0.15, 0.2) is 24.3 Å². The molecule has 1 saturated heterocycles. The molecule has 3 rings (SSSR count). The maximum absolute atomic E-state index is 12.8. The van der Waals surface area contributed by atoms with Crippen molar-refractivity contribution in [2.45, 2.75) is 19.6 Å². The zero-order valence-corrected chi connectivity index (χ0v) is 15.6. The zero-order chi connectivity index (χ0) is 20.1. The number of aromatic nitrogens is 2. The van der Waals surface area contributed by atoms with Crippen molar-refractivity contribution in [3.63, 3.8) is 0 Å². The third-order valence-electron chi connectivity index (χ3n) is 4.63. The maximum atomic E-state index is 12.8. The number of rotatable bonds is 6. The summed E-state index contributed by atoms with van der Waals surface area (Å²) in [4.78, 5) is 2.32. The fourth-order valence-electron chi connectivity index (χ4n) is 3.13. The number of hydrogen-bond donors (Lipinski definition) is 2. The Balaban J connectivity index is 1.59. The van der Waals surface area contributed by atoms with Crippen LogP contribution in [0.1, 0.15) is 16.8 Å². The molecular weight excluding hydrogens is 373 g/mol. The highest BCUT2D eigenvalue weighted by atomic mass is 19.4. The Labute approximate surface area is 161 Å². The number of ether oxygens (including phenoxy) is 1. The van der Waals surface area contributed by atoms with Gasteiger partial charge in [0.2, 0.25) is 0 Å². The molecule has 0 radical (unpaired) electrons. The molecule has 2 aromatic rings. The number of nitrogens with one attached hydrogen (secondary N) is 1. The van der Waals surface area contributed by atoms with Gasteiger partial charge in [0, 0.05) is 38.3 Å². The van der Waals surface area contributed by atoms with Crippen LogP contribution in [0.3, 0.4) is 0 Å². The second-order valence-electron chi connectivity index (χ2n) is 6.73. The molecule has 28 heavy (non-hydrogen) atoms. The van der Waals surface area contributed by atoms with Crippen molar-refractivity contribution >= 4 is 0 Å². The number of nitrogens with zero attached hydrogens (tertiary/aromatic N) is 3. The van der Waals surface area contributed by atoms with Crippen molar-refractivity contribution in [3.05, 3.63) is 41.1 Å². The molecule has 1 aromatic carbocycles. The number of aryl methyl sites for hydroxylation is 1. The molecule has 0 atom stereocenters. The normalized spacial score (nSPS) is 15.7. The molecule has 0 spiro atoms. The first kappa shape index (κ1) is 20.5. The molecule has 9 heteroatoms. The monoisotopic (exact) mass is 396 g/mol. The fraction of sp³-hybridized carbons (Fsp3) is 0.474. The molecule has 0 saturated carbocycles. The lowest BCUT2D eigenvalue weighted by atomic mass is 10.0. The molecule has 0 amide bonds. The Morgan fingerprint density at radius 1 is 1.18 bits per heavy atom. The summed E-state index contributed by atoms with van der Waals surface area (Å²) in [6.45, 7) is 7.18. The summed E-state index contributed by atoms with van der Waals surface area (Å²) in [5.41, 5.74) is 0.709. The van der Waals surface area contributed by atoms with E-state index in [1.165, 1.54) is 6.92 Å². The van der Waals surface area contributed by atoms with E-state index < -0.39 is 17.5 Å². The number of hydrogen-bond acceptors (Lipinski definition) is 6. The van der Waals surface area contributed by atoms with E-state index in [1.807, 2.05) is 0 Å². The van der Waals surface area contributed by atoms with Crippen molar-refractivity contribution in [2.75, 3.05) is 39.4 Å². The van der Waals surface area contributed by atoms with Gasteiger partial charge in [-0.3, -0.25) is 4.90 Å².